The quantitative estimate of drug-likeness (QED) is 0.389. The van der Waals surface area contributed by atoms with Crippen LogP contribution in [0, 0.1) is 0 Å². The predicted molar refractivity (Wildman–Crippen MR) is 98.3 cm³/mol. The number of rotatable bonds is 13. The van der Waals surface area contributed by atoms with E-state index in [2.05, 4.69) is 29.0 Å². The first-order valence-corrected chi connectivity index (χ1v) is 9.46. The molecule has 1 unspecified atom stereocenters. The van der Waals surface area contributed by atoms with E-state index < -0.39 is 0 Å². The topological polar surface area (TPSA) is 41.6 Å². The molecule has 0 saturated carbocycles. The highest BCUT2D eigenvalue weighted by atomic mass is 15.3. The van der Waals surface area contributed by atoms with Crippen LogP contribution in [-0.4, -0.2) is 30.0 Å². The summed E-state index contributed by atoms with van der Waals surface area (Å²) in [6, 6.07) is 0. The summed E-state index contributed by atoms with van der Waals surface area (Å²) in [5.41, 5.74) is 5.96. The number of hydrogen-bond acceptors (Lipinski definition) is 3. The lowest BCUT2D eigenvalue weighted by molar-refractivity contribution is 0.359. The Morgan fingerprint density at radius 3 is 2.32 bits per heavy atom. The van der Waals surface area contributed by atoms with E-state index in [-0.39, 0.29) is 6.17 Å². The second kappa shape index (κ2) is 12.7. The number of hydrogen-bond donors (Lipinski definition) is 1. The van der Waals surface area contributed by atoms with Crippen LogP contribution in [0.3, 0.4) is 0 Å². The Morgan fingerprint density at radius 1 is 1.05 bits per heavy atom. The molecule has 0 spiro atoms. The maximum atomic E-state index is 5.96. The first-order valence-electron chi connectivity index (χ1n) is 9.46. The molecule has 3 heteroatoms. The van der Waals surface area contributed by atoms with Crippen molar-refractivity contribution in [2.75, 3.05) is 13.1 Å². The first-order chi connectivity index (χ1) is 10.8. The third kappa shape index (κ3) is 8.57. The van der Waals surface area contributed by atoms with Crippen molar-refractivity contribution in [3.8, 4) is 0 Å². The van der Waals surface area contributed by atoms with Crippen LogP contribution >= 0.6 is 0 Å². The fraction of sp³-hybridized carbons (Fsp3) is 0.842. The number of amidine groups is 1. The number of unbranched alkanes of at least 4 members (excludes halogenated alkanes) is 8. The second-order valence-electron chi connectivity index (χ2n) is 6.51. The highest BCUT2D eigenvalue weighted by Gasteiger charge is 2.18. The summed E-state index contributed by atoms with van der Waals surface area (Å²) < 4.78 is 0. The van der Waals surface area contributed by atoms with Gasteiger partial charge in [-0.1, -0.05) is 51.2 Å². The summed E-state index contributed by atoms with van der Waals surface area (Å²) in [7, 11) is 0. The van der Waals surface area contributed by atoms with E-state index in [0.717, 1.165) is 19.5 Å². The van der Waals surface area contributed by atoms with Crippen LogP contribution in [0.2, 0.25) is 0 Å². The molecule has 0 aromatic rings. The fourth-order valence-electron chi connectivity index (χ4n) is 2.99. The van der Waals surface area contributed by atoms with Crippen molar-refractivity contribution in [1.29, 1.82) is 0 Å². The monoisotopic (exact) mass is 307 g/mol. The minimum Gasteiger partial charge on any atom is -0.343 e. The van der Waals surface area contributed by atoms with Gasteiger partial charge in [-0.05, 0) is 39.0 Å². The van der Waals surface area contributed by atoms with Gasteiger partial charge in [0, 0.05) is 13.0 Å². The Morgan fingerprint density at radius 2 is 1.68 bits per heavy atom. The van der Waals surface area contributed by atoms with E-state index in [1.54, 1.807) is 0 Å². The van der Waals surface area contributed by atoms with Gasteiger partial charge in [-0.3, -0.25) is 4.99 Å². The van der Waals surface area contributed by atoms with Crippen LogP contribution in [-0.2, 0) is 0 Å². The zero-order chi connectivity index (χ0) is 16.0. The van der Waals surface area contributed by atoms with Gasteiger partial charge in [-0.25, -0.2) is 0 Å². The molecule has 22 heavy (non-hydrogen) atoms. The average Bonchev–Trinajstić information content (AvgIpc) is 2.97. The predicted octanol–water partition coefficient (Wildman–Crippen LogP) is 4.87. The maximum Gasteiger partial charge on any atom is 0.100 e. The minimum absolute atomic E-state index is 0.113. The molecule has 1 heterocycles. The van der Waals surface area contributed by atoms with Gasteiger partial charge in [-0.2, -0.15) is 0 Å². The van der Waals surface area contributed by atoms with Gasteiger partial charge in [0.1, 0.15) is 5.84 Å². The molecule has 1 rings (SSSR count). The fourth-order valence-corrected chi connectivity index (χ4v) is 2.99. The summed E-state index contributed by atoms with van der Waals surface area (Å²) in [5, 5.41) is 0. The Kier molecular flexibility index (Phi) is 11.1. The molecule has 0 aliphatic carbocycles. The largest absolute Gasteiger partial charge is 0.343 e. The van der Waals surface area contributed by atoms with Gasteiger partial charge >= 0.3 is 0 Å². The maximum absolute atomic E-state index is 5.96. The van der Waals surface area contributed by atoms with Crippen molar-refractivity contribution in [3.63, 3.8) is 0 Å². The molecule has 0 aromatic carbocycles. The van der Waals surface area contributed by atoms with Crippen LogP contribution in [0.25, 0.3) is 0 Å². The number of allylic oxidation sites excluding steroid dienone is 2. The average molecular weight is 308 g/mol. The summed E-state index contributed by atoms with van der Waals surface area (Å²) in [6.07, 6.45) is 19.2. The molecule has 0 amide bonds. The van der Waals surface area contributed by atoms with Crippen molar-refractivity contribution in [2.45, 2.75) is 90.6 Å². The zero-order valence-electron chi connectivity index (χ0n) is 14.9. The van der Waals surface area contributed by atoms with Gasteiger partial charge in [0.05, 0.1) is 12.7 Å². The van der Waals surface area contributed by atoms with E-state index in [0.29, 0.717) is 0 Å². The summed E-state index contributed by atoms with van der Waals surface area (Å²) >= 11 is 0. The number of aliphatic imine (C=N–C) groups is 1. The lowest BCUT2D eigenvalue weighted by atomic mass is 10.1. The normalized spacial score (nSPS) is 16.5. The van der Waals surface area contributed by atoms with Gasteiger partial charge in [0.25, 0.3) is 0 Å². The SMILES string of the molecule is CCCCCCC/C=C/CCCCCC1=NCCN1C(C)N. The van der Waals surface area contributed by atoms with Crippen LogP contribution < -0.4 is 5.73 Å². The molecule has 1 aliphatic rings. The molecular weight excluding hydrogens is 270 g/mol. The molecule has 128 valence electrons. The highest BCUT2D eigenvalue weighted by Crippen LogP contribution is 2.12. The molecule has 1 atom stereocenters. The van der Waals surface area contributed by atoms with Crippen molar-refractivity contribution in [3.05, 3.63) is 12.2 Å². The smallest absolute Gasteiger partial charge is 0.100 e. The summed E-state index contributed by atoms with van der Waals surface area (Å²) in [6.45, 7) is 6.26. The number of nitrogens with two attached hydrogens (primary N) is 1. The molecular formula is C19H37N3. The molecule has 1 aliphatic heterocycles. The lowest BCUT2D eigenvalue weighted by Gasteiger charge is -2.24. The summed E-state index contributed by atoms with van der Waals surface area (Å²) in [4.78, 5) is 6.82. The van der Waals surface area contributed by atoms with Crippen LogP contribution in [0.4, 0.5) is 0 Å². The third-order valence-electron chi connectivity index (χ3n) is 4.37. The standard InChI is InChI=1S/C19H37N3/c1-3-4-5-6-7-8-9-10-11-12-13-14-15-19-21-16-17-22(19)18(2)20/h9-10,18H,3-8,11-17,20H2,1-2H3/b10-9+. The van der Waals surface area contributed by atoms with Crippen molar-refractivity contribution < 1.29 is 0 Å². The molecule has 0 aromatic heterocycles. The van der Waals surface area contributed by atoms with Crippen molar-refractivity contribution in [2.24, 2.45) is 10.7 Å². The minimum atomic E-state index is 0.113. The molecule has 0 bridgehead atoms. The van der Waals surface area contributed by atoms with Crippen molar-refractivity contribution >= 4 is 5.84 Å². The molecule has 0 fully saturated rings. The lowest BCUT2D eigenvalue weighted by Crippen LogP contribution is -2.41. The second-order valence-corrected chi connectivity index (χ2v) is 6.51. The van der Waals surface area contributed by atoms with Crippen LogP contribution in [0.15, 0.2) is 17.1 Å². The third-order valence-corrected chi connectivity index (χ3v) is 4.37. The Hall–Kier alpha value is -0.830. The van der Waals surface area contributed by atoms with E-state index in [9.17, 15) is 0 Å². The van der Waals surface area contributed by atoms with Crippen LogP contribution in [0.5, 0.6) is 0 Å². The molecule has 0 saturated heterocycles. The Balaban J connectivity index is 1.91. The van der Waals surface area contributed by atoms with Gasteiger partial charge in [-0.15, -0.1) is 0 Å². The van der Waals surface area contributed by atoms with E-state index in [1.165, 1.54) is 70.0 Å². The van der Waals surface area contributed by atoms with E-state index in [1.807, 2.05) is 6.92 Å². The van der Waals surface area contributed by atoms with Gasteiger partial charge in [0.2, 0.25) is 0 Å². The van der Waals surface area contributed by atoms with E-state index >= 15 is 0 Å². The van der Waals surface area contributed by atoms with Gasteiger partial charge in [0.15, 0.2) is 0 Å². The van der Waals surface area contributed by atoms with Crippen LogP contribution in [0.1, 0.15) is 84.5 Å². The van der Waals surface area contributed by atoms with Crippen molar-refractivity contribution in [1.82, 2.24) is 4.90 Å². The summed E-state index contributed by atoms with van der Waals surface area (Å²) in [5.74, 6) is 1.23. The Bertz CT molecular complexity index is 321. The zero-order valence-corrected chi connectivity index (χ0v) is 14.9. The molecule has 3 nitrogen and oxygen atoms in total. The molecule has 0 radical (unpaired) electrons. The first kappa shape index (κ1) is 19.2. The van der Waals surface area contributed by atoms with Gasteiger partial charge < -0.3 is 10.6 Å². The van der Waals surface area contributed by atoms with E-state index in [4.69, 9.17) is 5.73 Å². The number of nitrogens with zero attached hydrogens (tertiary/aromatic N) is 2. The Labute approximate surface area is 138 Å². The molecule has 2 N–H and O–H groups in total. The highest BCUT2D eigenvalue weighted by molar-refractivity contribution is 5.83.